The van der Waals surface area contributed by atoms with E-state index in [9.17, 15) is 5.11 Å². The first-order valence-electron chi connectivity index (χ1n) is 7.50. The molecule has 5 heteroatoms. The Kier molecular flexibility index (Phi) is 5.63. The second-order valence-electron chi connectivity index (χ2n) is 4.57. The zero-order chi connectivity index (χ0) is 16.7. The number of para-hydroxylation sites is 1. The zero-order valence-electron chi connectivity index (χ0n) is 13.5. The van der Waals surface area contributed by atoms with Crippen molar-refractivity contribution in [1.29, 1.82) is 0 Å². The lowest BCUT2D eigenvalue weighted by Crippen LogP contribution is -2.13. The Morgan fingerprint density at radius 2 is 1.74 bits per heavy atom. The summed E-state index contributed by atoms with van der Waals surface area (Å²) in [5.41, 5.74) is 2.47. The summed E-state index contributed by atoms with van der Waals surface area (Å²) in [7, 11) is 1.91. The molecule has 118 valence electrons. The van der Waals surface area contributed by atoms with Crippen LogP contribution in [0.2, 0.25) is 0 Å². The second kappa shape index (κ2) is 7.89. The summed E-state index contributed by atoms with van der Waals surface area (Å²) in [6.07, 6.45) is 4.75. The largest absolute Gasteiger partial charge is 0.506 e. The van der Waals surface area contributed by atoms with E-state index in [2.05, 4.69) is 15.0 Å². The standard InChI is InChI=1S/C16H14N4O.C2H6/c1-20(13-5-3-2-4-6-13)16-18-8-7-15(19-16)12-9-14(21)11-17-10-12;1-2/h2-11,21H,1H3;1-2H3. The van der Waals surface area contributed by atoms with Crippen LogP contribution < -0.4 is 4.90 Å². The molecule has 0 amide bonds. The topological polar surface area (TPSA) is 62.1 Å². The molecule has 0 radical (unpaired) electrons. The lowest BCUT2D eigenvalue weighted by atomic mass is 10.2. The van der Waals surface area contributed by atoms with E-state index in [0.29, 0.717) is 11.6 Å². The fourth-order valence-electron chi connectivity index (χ4n) is 2.01. The Balaban J connectivity index is 0.000000924. The van der Waals surface area contributed by atoms with Gasteiger partial charge in [0.05, 0.1) is 11.9 Å². The summed E-state index contributed by atoms with van der Waals surface area (Å²) in [6.45, 7) is 4.00. The van der Waals surface area contributed by atoms with E-state index in [-0.39, 0.29) is 5.75 Å². The third-order valence-electron chi connectivity index (χ3n) is 3.11. The van der Waals surface area contributed by atoms with E-state index in [1.165, 1.54) is 6.20 Å². The van der Waals surface area contributed by atoms with Crippen LogP contribution in [0.1, 0.15) is 13.8 Å². The number of aromatic hydroxyl groups is 1. The van der Waals surface area contributed by atoms with E-state index in [1.807, 2.05) is 56.1 Å². The highest BCUT2D eigenvalue weighted by Crippen LogP contribution is 2.24. The number of pyridine rings is 1. The first kappa shape index (κ1) is 16.4. The van der Waals surface area contributed by atoms with Gasteiger partial charge in [-0.3, -0.25) is 4.98 Å². The second-order valence-corrected chi connectivity index (χ2v) is 4.57. The number of hydrogen-bond donors (Lipinski definition) is 1. The first-order valence-corrected chi connectivity index (χ1v) is 7.50. The smallest absolute Gasteiger partial charge is 0.230 e. The van der Waals surface area contributed by atoms with Gasteiger partial charge in [0.1, 0.15) is 5.75 Å². The van der Waals surface area contributed by atoms with Crippen LogP contribution >= 0.6 is 0 Å². The minimum absolute atomic E-state index is 0.115. The van der Waals surface area contributed by atoms with E-state index in [1.54, 1.807) is 24.5 Å². The minimum Gasteiger partial charge on any atom is -0.506 e. The molecule has 1 aromatic carbocycles. The van der Waals surface area contributed by atoms with Gasteiger partial charge in [0.15, 0.2) is 0 Å². The summed E-state index contributed by atoms with van der Waals surface area (Å²) in [6, 6.07) is 13.3. The van der Waals surface area contributed by atoms with Crippen molar-refractivity contribution in [3.8, 4) is 17.0 Å². The van der Waals surface area contributed by atoms with Crippen molar-refractivity contribution in [2.45, 2.75) is 13.8 Å². The highest BCUT2D eigenvalue weighted by atomic mass is 16.3. The van der Waals surface area contributed by atoms with Crippen molar-refractivity contribution in [3.05, 3.63) is 61.1 Å². The van der Waals surface area contributed by atoms with Crippen molar-refractivity contribution in [3.63, 3.8) is 0 Å². The molecule has 2 aromatic heterocycles. The maximum Gasteiger partial charge on any atom is 0.230 e. The number of anilines is 2. The molecule has 0 saturated heterocycles. The van der Waals surface area contributed by atoms with Gasteiger partial charge in [-0.05, 0) is 24.3 Å². The molecule has 1 N–H and O–H groups in total. The van der Waals surface area contributed by atoms with Gasteiger partial charge in [0.2, 0.25) is 5.95 Å². The maximum absolute atomic E-state index is 9.51. The van der Waals surface area contributed by atoms with Gasteiger partial charge in [-0.25, -0.2) is 9.97 Å². The third-order valence-corrected chi connectivity index (χ3v) is 3.11. The molecular weight excluding hydrogens is 288 g/mol. The van der Waals surface area contributed by atoms with Crippen LogP contribution in [0.25, 0.3) is 11.3 Å². The van der Waals surface area contributed by atoms with Crippen LogP contribution in [0.15, 0.2) is 61.1 Å². The van der Waals surface area contributed by atoms with Crippen LogP contribution in [0.3, 0.4) is 0 Å². The van der Waals surface area contributed by atoms with Crippen molar-refractivity contribution >= 4 is 11.6 Å². The summed E-state index contributed by atoms with van der Waals surface area (Å²) in [5.74, 6) is 0.700. The van der Waals surface area contributed by atoms with Gasteiger partial charge < -0.3 is 10.0 Å². The van der Waals surface area contributed by atoms with Crippen LogP contribution in [0.5, 0.6) is 5.75 Å². The van der Waals surface area contributed by atoms with Gasteiger partial charge in [-0.2, -0.15) is 0 Å². The maximum atomic E-state index is 9.51. The molecule has 0 fully saturated rings. The number of nitrogens with zero attached hydrogens (tertiary/aromatic N) is 4. The molecular formula is C18H20N4O. The molecule has 3 rings (SSSR count). The predicted molar refractivity (Wildman–Crippen MR) is 92.8 cm³/mol. The van der Waals surface area contributed by atoms with Gasteiger partial charge in [0, 0.05) is 30.7 Å². The fraction of sp³-hybridized carbons (Fsp3) is 0.167. The van der Waals surface area contributed by atoms with Crippen LogP contribution in [0, 0.1) is 0 Å². The molecule has 0 bridgehead atoms. The normalized spacial score (nSPS) is 9.70. The SMILES string of the molecule is CC.CN(c1ccccc1)c1nccc(-c2cncc(O)c2)n1. The first-order chi connectivity index (χ1) is 11.2. The van der Waals surface area contributed by atoms with E-state index >= 15 is 0 Å². The Morgan fingerprint density at radius 1 is 1.00 bits per heavy atom. The van der Waals surface area contributed by atoms with E-state index < -0.39 is 0 Å². The van der Waals surface area contributed by atoms with Crippen molar-refractivity contribution < 1.29 is 5.11 Å². The molecule has 0 aliphatic heterocycles. The molecule has 0 spiro atoms. The molecule has 2 heterocycles. The Hall–Kier alpha value is -2.95. The van der Waals surface area contributed by atoms with Gasteiger partial charge >= 0.3 is 0 Å². The molecule has 3 aromatic rings. The summed E-state index contributed by atoms with van der Waals surface area (Å²) >= 11 is 0. The molecule has 0 atom stereocenters. The van der Waals surface area contributed by atoms with Gasteiger partial charge in [0.25, 0.3) is 0 Å². The highest BCUT2D eigenvalue weighted by molar-refractivity contribution is 5.63. The van der Waals surface area contributed by atoms with Crippen LogP contribution in [-0.4, -0.2) is 27.1 Å². The summed E-state index contributed by atoms with van der Waals surface area (Å²) < 4.78 is 0. The predicted octanol–water partition coefficient (Wildman–Crippen LogP) is 4.04. The molecule has 0 saturated carbocycles. The van der Waals surface area contributed by atoms with Gasteiger partial charge in [-0.15, -0.1) is 0 Å². The van der Waals surface area contributed by atoms with E-state index in [4.69, 9.17) is 0 Å². The molecule has 0 aliphatic carbocycles. The zero-order valence-corrected chi connectivity index (χ0v) is 13.5. The van der Waals surface area contributed by atoms with Crippen LogP contribution in [-0.2, 0) is 0 Å². The Morgan fingerprint density at radius 3 is 2.43 bits per heavy atom. The Labute approximate surface area is 136 Å². The minimum atomic E-state index is 0.115. The molecule has 0 unspecified atom stereocenters. The highest BCUT2D eigenvalue weighted by Gasteiger charge is 2.09. The summed E-state index contributed by atoms with van der Waals surface area (Å²) in [5, 5.41) is 9.51. The molecule has 5 nitrogen and oxygen atoms in total. The molecule has 23 heavy (non-hydrogen) atoms. The third kappa shape index (κ3) is 4.03. The Bertz CT molecular complexity index is 747. The number of aromatic nitrogens is 3. The monoisotopic (exact) mass is 308 g/mol. The van der Waals surface area contributed by atoms with Crippen molar-refractivity contribution in [2.75, 3.05) is 11.9 Å². The van der Waals surface area contributed by atoms with Crippen molar-refractivity contribution in [1.82, 2.24) is 15.0 Å². The number of benzene rings is 1. The van der Waals surface area contributed by atoms with Crippen LogP contribution in [0.4, 0.5) is 11.6 Å². The quantitative estimate of drug-likeness (QED) is 0.791. The number of rotatable bonds is 3. The fourth-order valence-corrected chi connectivity index (χ4v) is 2.01. The van der Waals surface area contributed by atoms with Gasteiger partial charge in [-0.1, -0.05) is 32.0 Å². The average molecular weight is 308 g/mol. The lowest BCUT2D eigenvalue weighted by molar-refractivity contribution is 0.473. The number of hydrogen-bond acceptors (Lipinski definition) is 5. The average Bonchev–Trinajstić information content (AvgIpc) is 2.64. The van der Waals surface area contributed by atoms with E-state index in [0.717, 1.165) is 11.3 Å². The lowest BCUT2D eigenvalue weighted by Gasteiger charge is -2.17. The molecule has 0 aliphatic rings. The summed E-state index contributed by atoms with van der Waals surface area (Å²) in [4.78, 5) is 14.7. The van der Waals surface area contributed by atoms with Crippen molar-refractivity contribution in [2.24, 2.45) is 0 Å².